The Morgan fingerprint density at radius 3 is 2.89 bits per heavy atom. The Balaban J connectivity index is 1.97. The average molecular weight is 277 g/mol. The van der Waals surface area contributed by atoms with Crippen LogP contribution in [0.25, 0.3) is 0 Å². The van der Waals surface area contributed by atoms with Gasteiger partial charge in [0.25, 0.3) is 0 Å². The van der Waals surface area contributed by atoms with Crippen molar-refractivity contribution in [3.05, 3.63) is 40.8 Å². The highest BCUT2D eigenvalue weighted by Crippen LogP contribution is 2.25. The normalized spacial score (nSPS) is 12.6. The number of aromatic nitrogens is 2. The lowest BCUT2D eigenvalue weighted by atomic mass is 10.0. The molecule has 0 bridgehead atoms. The van der Waals surface area contributed by atoms with Gasteiger partial charge in [0.15, 0.2) is 0 Å². The van der Waals surface area contributed by atoms with E-state index in [0.717, 1.165) is 6.42 Å². The van der Waals surface area contributed by atoms with Crippen LogP contribution < -0.4 is 5.32 Å². The maximum Gasteiger partial charge on any atom is 0.242 e. The summed E-state index contributed by atoms with van der Waals surface area (Å²) in [5.74, 6) is 0.542. The molecule has 2 heterocycles. The van der Waals surface area contributed by atoms with Crippen LogP contribution in [-0.4, -0.2) is 15.7 Å². The van der Waals surface area contributed by atoms with Crippen LogP contribution in [0.15, 0.2) is 36.0 Å². The molecular weight excluding hydrogens is 258 g/mol. The lowest BCUT2D eigenvalue weighted by Gasteiger charge is -2.19. The van der Waals surface area contributed by atoms with Gasteiger partial charge in [-0.15, -0.1) is 11.3 Å². The van der Waals surface area contributed by atoms with Crippen molar-refractivity contribution in [1.29, 1.82) is 0 Å². The molecule has 4 nitrogen and oxygen atoms in total. The number of hydrogen-bond donors (Lipinski definition) is 1. The number of nitrogens with one attached hydrogen (secondary N) is 1. The third kappa shape index (κ3) is 4.21. The fourth-order valence-electron chi connectivity index (χ4n) is 1.99. The van der Waals surface area contributed by atoms with E-state index in [-0.39, 0.29) is 18.5 Å². The third-order valence-corrected chi connectivity index (χ3v) is 3.78. The fourth-order valence-corrected chi connectivity index (χ4v) is 2.78. The SMILES string of the molecule is CC(C)CC(NC(=O)Cn1cccn1)c1cccs1. The van der Waals surface area contributed by atoms with Gasteiger partial charge < -0.3 is 5.32 Å². The quantitative estimate of drug-likeness (QED) is 0.882. The molecule has 0 fully saturated rings. The van der Waals surface area contributed by atoms with Gasteiger partial charge in [-0.2, -0.15) is 5.10 Å². The molecule has 5 heteroatoms. The minimum atomic E-state index is 0.00255. The Morgan fingerprint density at radius 1 is 1.47 bits per heavy atom. The van der Waals surface area contributed by atoms with Crippen molar-refractivity contribution in [1.82, 2.24) is 15.1 Å². The van der Waals surface area contributed by atoms with Crippen molar-refractivity contribution < 1.29 is 4.79 Å². The van der Waals surface area contributed by atoms with Crippen LogP contribution in [0.3, 0.4) is 0 Å². The maximum atomic E-state index is 12.0. The third-order valence-electron chi connectivity index (χ3n) is 2.79. The van der Waals surface area contributed by atoms with Crippen molar-refractivity contribution in [2.45, 2.75) is 32.9 Å². The molecule has 2 rings (SSSR count). The molecule has 102 valence electrons. The highest BCUT2D eigenvalue weighted by Gasteiger charge is 2.17. The van der Waals surface area contributed by atoms with Crippen LogP contribution in [0.1, 0.15) is 31.2 Å². The van der Waals surface area contributed by atoms with Crippen LogP contribution in [0, 0.1) is 5.92 Å². The molecule has 1 unspecified atom stereocenters. The molecule has 1 amide bonds. The molecule has 0 saturated heterocycles. The second-order valence-corrected chi connectivity index (χ2v) is 5.95. The number of carbonyl (C=O) groups is 1. The lowest BCUT2D eigenvalue weighted by Crippen LogP contribution is -2.32. The van der Waals surface area contributed by atoms with Crippen molar-refractivity contribution in [3.63, 3.8) is 0 Å². The molecule has 2 aromatic rings. The van der Waals surface area contributed by atoms with Gasteiger partial charge in [0.05, 0.1) is 6.04 Å². The summed E-state index contributed by atoms with van der Waals surface area (Å²) >= 11 is 1.69. The molecule has 0 aromatic carbocycles. The van der Waals surface area contributed by atoms with Gasteiger partial charge in [-0.1, -0.05) is 19.9 Å². The van der Waals surface area contributed by atoms with E-state index in [1.54, 1.807) is 28.4 Å². The summed E-state index contributed by atoms with van der Waals surface area (Å²) in [5.41, 5.74) is 0. The zero-order valence-corrected chi connectivity index (χ0v) is 12.1. The van der Waals surface area contributed by atoms with Crippen molar-refractivity contribution in [3.8, 4) is 0 Å². The summed E-state index contributed by atoms with van der Waals surface area (Å²) in [4.78, 5) is 13.2. The van der Waals surface area contributed by atoms with E-state index in [1.807, 2.05) is 17.5 Å². The summed E-state index contributed by atoms with van der Waals surface area (Å²) in [7, 11) is 0. The van der Waals surface area contributed by atoms with Gasteiger partial charge in [0, 0.05) is 17.3 Å². The second-order valence-electron chi connectivity index (χ2n) is 4.97. The standard InChI is InChI=1S/C14H19N3OS/c1-11(2)9-12(13-5-3-8-19-13)16-14(18)10-17-7-4-6-15-17/h3-8,11-12H,9-10H2,1-2H3,(H,16,18). The summed E-state index contributed by atoms with van der Waals surface area (Å²) < 4.78 is 1.64. The molecule has 1 atom stereocenters. The zero-order chi connectivity index (χ0) is 13.7. The Morgan fingerprint density at radius 2 is 2.32 bits per heavy atom. The monoisotopic (exact) mass is 277 g/mol. The lowest BCUT2D eigenvalue weighted by molar-refractivity contribution is -0.122. The van der Waals surface area contributed by atoms with E-state index >= 15 is 0 Å². The number of rotatable bonds is 6. The molecule has 0 aliphatic rings. The molecule has 0 aliphatic carbocycles. The first-order valence-corrected chi connectivity index (χ1v) is 7.33. The molecule has 0 saturated carbocycles. The minimum absolute atomic E-state index is 0.00255. The Kier molecular flexibility index (Phi) is 4.74. The van der Waals surface area contributed by atoms with Gasteiger partial charge >= 0.3 is 0 Å². The van der Waals surface area contributed by atoms with E-state index in [2.05, 4.69) is 30.3 Å². The predicted octanol–water partition coefficient (Wildman–Crippen LogP) is 2.85. The smallest absolute Gasteiger partial charge is 0.242 e. The highest BCUT2D eigenvalue weighted by atomic mass is 32.1. The fraction of sp³-hybridized carbons (Fsp3) is 0.429. The average Bonchev–Trinajstić information content (AvgIpc) is 2.99. The largest absolute Gasteiger partial charge is 0.347 e. The Bertz CT molecular complexity index is 491. The topological polar surface area (TPSA) is 46.9 Å². The number of carbonyl (C=O) groups excluding carboxylic acids is 1. The van der Waals surface area contributed by atoms with E-state index < -0.39 is 0 Å². The zero-order valence-electron chi connectivity index (χ0n) is 11.2. The summed E-state index contributed by atoms with van der Waals surface area (Å²) in [6.45, 7) is 4.60. The predicted molar refractivity (Wildman–Crippen MR) is 76.9 cm³/mol. The number of hydrogen-bond acceptors (Lipinski definition) is 3. The van der Waals surface area contributed by atoms with Gasteiger partial charge in [-0.25, -0.2) is 0 Å². The van der Waals surface area contributed by atoms with Crippen molar-refractivity contribution >= 4 is 17.2 Å². The molecule has 0 radical (unpaired) electrons. The molecular formula is C14H19N3OS. The first-order valence-electron chi connectivity index (χ1n) is 6.45. The van der Waals surface area contributed by atoms with Crippen molar-refractivity contribution in [2.75, 3.05) is 0 Å². The van der Waals surface area contributed by atoms with E-state index in [1.165, 1.54) is 4.88 Å². The number of thiophene rings is 1. The van der Waals surface area contributed by atoms with Crippen LogP contribution in [0.4, 0.5) is 0 Å². The summed E-state index contributed by atoms with van der Waals surface area (Å²) in [6.07, 6.45) is 4.42. The van der Waals surface area contributed by atoms with Crippen molar-refractivity contribution in [2.24, 2.45) is 5.92 Å². The Hall–Kier alpha value is -1.62. The molecule has 2 aromatic heterocycles. The number of amides is 1. The number of nitrogens with zero attached hydrogens (tertiary/aromatic N) is 2. The maximum absolute atomic E-state index is 12.0. The summed E-state index contributed by atoms with van der Waals surface area (Å²) in [5, 5.41) is 9.19. The Labute approximate surface area is 117 Å². The van der Waals surface area contributed by atoms with E-state index in [4.69, 9.17) is 0 Å². The summed E-state index contributed by atoms with van der Waals surface area (Å²) in [6, 6.07) is 6.01. The van der Waals surface area contributed by atoms with Gasteiger partial charge in [-0.3, -0.25) is 9.48 Å². The molecule has 0 aliphatic heterocycles. The van der Waals surface area contributed by atoms with Crippen LogP contribution in [0.2, 0.25) is 0 Å². The molecule has 19 heavy (non-hydrogen) atoms. The first kappa shape index (κ1) is 13.8. The minimum Gasteiger partial charge on any atom is -0.347 e. The van der Waals surface area contributed by atoms with Gasteiger partial charge in [0.2, 0.25) is 5.91 Å². The van der Waals surface area contributed by atoms with Gasteiger partial charge in [0.1, 0.15) is 6.54 Å². The highest BCUT2D eigenvalue weighted by molar-refractivity contribution is 7.10. The van der Waals surface area contributed by atoms with Gasteiger partial charge in [-0.05, 0) is 29.9 Å². The molecule has 1 N–H and O–H groups in total. The van der Waals surface area contributed by atoms with Crippen LogP contribution in [-0.2, 0) is 11.3 Å². The van der Waals surface area contributed by atoms with E-state index in [9.17, 15) is 4.79 Å². The van der Waals surface area contributed by atoms with Crippen LogP contribution in [0.5, 0.6) is 0 Å². The van der Waals surface area contributed by atoms with Crippen LogP contribution >= 0.6 is 11.3 Å². The second kappa shape index (κ2) is 6.52. The first-order chi connectivity index (χ1) is 9.15. The van der Waals surface area contributed by atoms with E-state index in [0.29, 0.717) is 5.92 Å². The molecule has 0 spiro atoms.